The Labute approximate surface area is 164 Å². The molecule has 1 heterocycles. The van der Waals surface area contributed by atoms with Gasteiger partial charge in [0.1, 0.15) is 11.4 Å². The van der Waals surface area contributed by atoms with E-state index < -0.39 is 11.6 Å². The number of fused-ring (bicyclic) bond motifs is 1. The molecule has 1 aliphatic rings. The van der Waals surface area contributed by atoms with Crippen molar-refractivity contribution in [3.05, 3.63) is 70.0 Å². The van der Waals surface area contributed by atoms with Crippen LogP contribution in [0.15, 0.2) is 36.4 Å². The van der Waals surface area contributed by atoms with Gasteiger partial charge in [0.2, 0.25) is 0 Å². The van der Waals surface area contributed by atoms with Crippen molar-refractivity contribution in [2.45, 2.75) is 32.0 Å². The highest BCUT2D eigenvalue weighted by Gasteiger charge is 2.41. The molecule has 1 N–H and O–H groups in total. The number of carbonyl (C=O) groups is 1. The summed E-state index contributed by atoms with van der Waals surface area (Å²) in [5, 5.41) is 18.1. The van der Waals surface area contributed by atoms with E-state index in [0.717, 1.165) is 16.7 Å². The van der Waals surface area contributed by atoms with Crippen LogP contribution in [0.2, 0.25) is 0 Å². The molecule has 5 nitrogen and oxygen atoms in total. The molecule has 0 fully saturated rings. The lowest BCUT2D eigenvalue weighted by atomic mass is 9.81. The number of ether oxygens (including phenoxy) is 1. The fourth-order valence-electron chi connectivity index (χ4n) is 3.85. The van der Waals surface area contributed by atoms with E-state index in [1.807, 2.05) is 18.2 Å². The molecule has 146 valence electrons. The predicted molar refractivity (Wildman–Crippen MR) is 102 cm³/mol. The Morgan fingerprint density at radius 2 is 2.14 bits per heavy atom. The summed E-state index contributed by atoms with van der Waals surface area (Å²) in [5.41, 5.74) is 3.21. The number of likely N-dealkylation sites (N-methyl/N-ethyl adjacent to an activating group) is 1. The van der Waals surface area contributed by atoms with Gasteiger partial charge >= 0.3 is 5.97 Å². The molecule has 6 heteroatoms. The van der Waals surface area contributed by atoms with Crippen molar-refractivity contribution in [3.8, 4) is 6.07 Å². The highest BCUT2D eigenvalue weighted by atomic mass is 19.1. The molecule has 0 aromatic heterocycles. The maximum atomic E-state index is 13.8. The van der Waals surface area contributed by atoms with Crippen LogP contribution in [-0.4, -0.2) is 36.1 Å². The van der Waals surface area contributed by atoms with Crippen molar-refractivity contribution in [3.63, 3.8) is 0 Å². The van der Waals surface area contributed by atoms with Gasteiger partial charge in [-0.25, -0.2) is 4.39 Å². The zero-order chi connectivity index (χ0) is 20.3. The third kappa shape index (κ3) is 3.91. The van der Waals surface area contributed by atoms with Crippen molar-refractivity contribution >= 4 is 5.97 Å². The van der Waals surface area contributed by atoms with Crippen LogP contribution in [-0.2, 0) is 21.7 Å². The van der Waals surface area contributed by atoms with E-state index in [0.29, 0.717) is 37.1 Å². The van der Waals surface area contributed by atoms with Crippen LogP contribution in [0.25, 0.3) is 0 Å². The van der Waals surface area contributed by atoms with Gasteiger partial charge in [-0.15, -0.1) is 0 Å². The average Bonchev–Trinajstić information content (AvgIpc) is 3.02. The van der Waals surface area contributed by atoms with Crippen molar-refractivity contribution in [1.29, 1.82) is 5.26 Å². The first-order chi connectivity index (χ1) is 13.4. The number of aryl methyl sites for hydroxylation is 1. The Balaban J connectivity index is 1.94. The summed E-state index contributed by atoms with van der Waals surface area (Å²) in [4.78, 5) is 12.6. The number of benzene rings is 2. The lowest BCUT2D eigenvalue weighted by Crippen LogP contribution is -2.31. The van der Waals surface area contributed by atoms with Crippen LogP contribution in [0, 0.1) is 24.1 Å². The molecule has 0 radical (unpaired) electrons. The lowest BCUT2D eigenvalue weighted by Gasteiger charge is -2.31. The number of halogens is 1. The molecule has 0 spiro atoms. The summed E-state index contributed by atoms with van der Waals surface area (Å²) >= 11 is 0. The first-order valence-electron chi connectivity index (χ1n) is 9.20. The zero-order valence-electron chi connectivity index (χ0n) is 16.0. The monoisotopic (exact) mass is 382 g/mol. The number of rotatable bonds is 7. The van der Waals surface area contributed by atoms with E-state index in [1.165, 1.54) is 6.07 Å². The molecule has 1 aliphatic heterocycles. The highest BCUT2D eigenvalue weighted by molar-refractivity contribution is 5.69. The first-order valence-corrected chi connectivity index (χ1v) is 9.20. The smallest absolute Gasteiger partial charge is 0.317 e. The maximum absolute atomic E-state index is 13.8. The van der Waals surface area contributed by atoms with Gasteiger partial charge < -0.3 is 9.84 Å². The van der Waals surface area contributed by atoms with Crippen LogP contribution < -0.4 is 0 Å². The Morgan fingerprint density at radius 1 is 1.36 bits per heavy atom. The van der Waals surface area contributed by atoms with Gasteiger partial charge in [0.25, 0.3) is 0 Å². The molecular formula is C22H23FN2O3. The second kappa shape index (κ2) is 8.09. The molecule has 0 saturated heterocycles. The van der Waals surface area contributed by atoms with E-state index in [1.54, 1.807) is 31.0 Å². The quantitative estimate of drug-likeness (QED) is 0.792. The van der Waals surface area contributed by atoms with Gasteiger partial charge in [0, 0.05) is 0 Å². The van der Waals surface area contributed by atoms with E-state index >= 15 is 0 Å². The number of hydrogen-bond donors (Lipinski definition) is 1. The van der Waals surface area contributed by atoms with Crippen LogP contribution in [0.3, 0.4) is 0 Å². The second-order valence-corrected chi connectivity index (χ2v) is 7.30. The Kier molecular flexibility index (Phi) is 5.78. The summed E-state index contributed by atoms with van der Waals surface area (Å²) in [6, 6.07) is 12.7. The number of carboxylic acid groups (broad SMARTS) is 1. The molecule has 2 aromatic rings. The third-order valence-corrected chi connectivity index (χ3v) is 5.24. The Hall–Kier alpha value is -2.75. The van der Waals surface area contributed by atoms with Crippen molar-refractivity contribution in [2.75, 3.05) is 20.1 Å². The van der Waals surface area contributed by atoms with Gasteiger partial charge in [0.15, 0.2) is 0 Å². The van der Waals surface area contributed by atoms with Crippen LogP contribution in [0.4, 0.5) is 4.39 Å². The van der Waals surface area contributed by atoms with Crippen LogP contribution in [0.5, 0.6) is 0 Å². The summed E-state index contributed by atoms with van der Waals surface area (Å²) in [6.45, 7) is 2.68. The van der Waals surface area contributed by atoms with Gasteiger partial charge in [0.05, 0.1) is 24.8 Å². The van der Waals surface area contributed by atoms with Gasteiger partial charge in [-0.2, -0.15) is 5.26 Å². The SMILES string of the molecule is Cc1cc(C2(CCCN(C)CC(=O)O)OCc3cc(C#N)ccc32)ccc1F. The summed E-state index contributed by atoms with van der Waals surface area (Å²) in [7, 11) is 1.77. The van der Waals surface area contributed by atoms with E-state index in [-0.39, 0.29) is 12.4 Å². The number of carboxylic acids is 1. The van der Waals surface area contributed by atoms with Crippen molar-refractivity contribution in [1.82, 2.24) is 4.90 Å². The first kappa shape index (κ1) is 20.0. The molecule has 1 unspecified atom stereocenters. The summed E-state index contributed by atoms with van der Waals surface area (Å²) < 4.78 is 20.1. The molecule has 3 rings (SSSR count). The number of nitrogens with zero attached hydrogens (tertiary/aromatic N) is 2. The Morgan fingerprint density at radius 3 is 2.82 bits per heavy atom. The number of hydrogen-bond acceptors (Lipinski definition) is 4. The van der Waals surface area contributed by atoms with Crippen LogP contribution in [0.1, 0.15) is 40.7 Å². The second-order valence-electron chi connectivity index (χ2n) is 7.30. The average molecular weight is 382 g/mol. The topological polar surface area (TPSA) is 73.6 Å². The third-order valence-electron chi connectivity index (χ3n) is 5.24. The van der Waals surface area contributed by atoms with E-state index in [2.05, 4.69) is 6.07 Å². The summed E-state index contributed by atoms with van der Waals surface area (Å²) in [6.07, 6.45) is 1.33. The molecule has 1 atom stereocenters. The van der Waals surface area contributed by atoms with Gasteiger partial charge in [-0.05, 0) is 79.9 Å². The normalized spacial score (nSPS) is 18.1. The fourth-order valence-corrected chi connectivity index (χ4v) is 3.85. The summed E-state index contributed by atoms with van der Waals surface area (Å²) in [5.74, 6) is -1.13. The van der Waals surface area contributed by atoms with Gasteiger partial charge in [-0.1, -0.05) is 12.1 Å². The lowest BCUT2D eigenvalue weighted by molar-refractivity contribution is -0.138. The number of nitriles is 1. The fraction of sp³-hybridized carbons (Fsp3) is 0.364. The van der Waals surface area contributed by atoms with E-state index in [9.17, 15) is 14.4 Å². The minimum atomic E-state index is -0.863. The Bertz CT molecular complexity index is 938. The predicted octanol–water partition coefficient (Wildman–Crippen LogP) is 3.58. The molecule has 2 aromatic carbocycles. The minimum absolute atomic E-state index is 0.0222. The molecule has 0 aliphatic carbocycles. The molecule has 28 heavy (non-hydrogen) atoms. The van der Waals surface area contributed by atoms with Gasteiger partial charge in [-0.3, -0.25) is 9.69 Å². The molecule has 0 saturated carbocycles. The standard InChI is InChI=1S/C22H23FN2O3/c1-15-10-18(5-7-20(15)23)22(8-3-9-25(2)13-21(26)27)19-6-4-16(12-24)11-17(19)14-28-22/h4-7,10-11H,3,8-9,13-14H2,1-2H3,(H,26,27). The molecule has 0 bridgehead atoms. The number of aliphatic carboxylic acids is 1. The molecule has 0 amide bonds. The van der Waals surface area contributed by atoms with Crippen molar-refractivity contribution < 1.29 is 19.0 Å². The molecular weight excluding hydrogens is 359 g/mol. The largest absolute Gasteiger partial charge is 0.480 e. The highest BCUT2D eigenvalue weighted by Crippen LogP contribution is 2.45. The zero-order valence-corrected chi connectivity index (χ0v) is 16.0. The van der Waals surface area contributed by atoms with Crippen molar-refractivity contribution in [2.24, 2.45) is 0 Å². The minimum Gasteiger partial charge on any atom is -0.480 e. The van der Waals surface area contributed by atoms with Crippen LogP contribution >= 0.6 is 0 Å². The van der Waals surface area contributed by atoms with E-state index in [4.69, 9.17) is 9.84 Å². The maximum Gasteiger partial charge on any atom is 0.317 e.